The summed E-state index contributed by atoms with van der Waals surface area (Å²) in [7, 11) is 0. The second kappa shape index (κ2) is 6.38. The van der Waals surface area contributed by atoms with Crippen LogP contribution in [0.15, 0.2) is 47.0 Å². The van der Waals surface area contributed by atoms with Crippen molar-refractivity contribution in [3.63, 3.8) is 0 Å². The average molecular weight is 338 g/mol. The molecule has 2 heterocycles. The van der Waals surface area contributed by atoms with Crippen molar-refractivity contribution in [1.29, 1.82) is 0 Å². The molecule has 6 heteroatoms. The molecule has 0 radical (unpaired) electrons. The summed E-state index contributed by atoms with van der Waals surface area (Å²) >= 11 is 0. The lowest BCUT2D eigenvalue weighted by Gasteiger charge is -2.13. The number of hydrogen-bond donors (Lipinski definition) is 2. The minimum atomic E-state index is -0.287. The molecule has 1 aromatic heterocycles. The van der Waals surface area contributed by atoms with E-state index in [0.717, 1.165) is 12.0 Å². The topological polar surface area (TPSA) is 63.0 Å². The van der Waals surface area contributed by atoms with Gasteiger partial charge in [-0.15, -0.1) is 0 Å². The van der Waals surface area contributed by atoms with Crippen molar-refractivity contribution in [2.45, 2.75) is 32.4 Å². The van der Waals surface area contributed by atoms with Crippen LogP contribution in [0.4, 0.5) is 4.39 Å². The van der Waals surface area contributed by atoms with E-state index >= 15 is 0 Å². The second-order valence-electron chi connectivity index (χ2n) is 6.45. The Morgan fingerprint density at radius 3 is 2.60 bits per heavy atom. The normalized spacial score (nSPS) is 20.1. The fourth-order valence-electron chi connectivity index (χ4n) is 3.15. The first-order valence-electron chi connectivity index (χ1n) is 8.28. The Kier molecular flexibility index (Phi) is 4.07. The minimum Gasteiger partial charge on any atom is -0.337 e. The summed E-state index contributed by atoms with van der Waals surface area (Å²) in [6, 6.07) is 12.6. The lowest BCUT2D eigenvalue weighted by molar-refractivity contribution is 0.340. The van der Waals surface area contributed by atoms with Gasteiger partial charge in [-0.25, -0.2) is 15.2 Å². The zero-order chi connectivity index (χ0) is 17.4. The molecule has 2 N–H and O–H groups in total. The van der Waals surface area contributed by atoms with Gasteiger partial charge in [-0.1, -0.05) is 28.9 Å². The van der Waals surface area contributed by atoms with Crippen LogP contribution >= 0.6 is 0 Å². The van der Waals surface area contributed by atoms with Crippen LogP contribution in [0.2, 0.25) is 0 Å². The molecule has 0 spiro atoms. The second-order valence-corrected chi connectivity index (χ2v) is 6.45. The van der Waals surface area contributed by atoms with Crippen molar-refractivity contribution < 1.29 is 8.91 Å². The first-order chi connectivity index (χ1) is 12.1. The highest BCUT2D eigenvalue weighted by Crippen LogP contribution is 2.32. The van der Waals surface area contributed by atoms with Gasteiger partial charge in [-0.05, 0) is 55.7 Å². The number of rotatable bonds is 3. The highest BCUT2D eigenvalue weighted by atomic mass is 19.1. The molecule has 1 aliphatic heterocycles. The Balaban J connectivity index is 1.52. The minimum absolute atomic E-state index is 0.0633. The lowest BCUT2D eigenvalue weighted by Crippen LogP contribution is -2.27. The van der Waals surface area contributed by atoms with E-state index in [4.69, 9.17) is 4.52 Å². The number of aromatic nitrogens is 2. The Hall–Kier alpha value is -2.57. The number of nitrogens with zero attached hydrogens (tertiary/aromatic N) is 2. The summed E-state index contributed by atoms with van der Waals surface area (Å²) < 4.78 is 18.4. The first-order valence-corrected chi connectivity index (χ1v) is 8.28. The van der Waals surface area contributed by atoms with Crippen LogP contribution in [0, 0.1) is 19.7 Å². The molecule has 0 aliphatic carbocycles. The molecule has 3 aromatic rings. The van der Waals surface area contributed by atoms with Crippen LogP contribution in [0.3, 0.4) is 0 Å². The van der Waals surface area contributed by atoms with Gasteiger partial charge in [0.1, 0.15) is 11.9 Å². The van der Waals surface area contributed by atoms with Crippen LogP contribution in [0.25, 0.3) is 11.4 Å². The number of aryl methyl sites for hydroxylation is 2. The fourth-order valence-corrected chi connectivity index (χ4v) is 3.15. The van der Waals surface area contributed by atoms with E-state index in [1.54, 1.807) is 12.1 Å². The molecule has 0 amide bonds. The quantitative estimate of drug-likeness (QED) is 0.761. The Bertz CT molecular complexity index is 891. The average Bonchev–Trinajstić information content (AvgIpc) is 3.27. The van der Waals surface area contributed by atoms with Gasteiger partial charge in [0.2, 0.25) is 11.7 Å². The van der Waals surface area contributed by atoms with Gasteiger partial charge in [0.15, 0.2) is 0 Å². The van der Waals surface area contributed by atoms with E-state index in [0.29, 0.717) is 11.7 Å². The maximum Gasteiger partial charge on any atom is 0.245 e. The van der Waals surface area contributed by atoms with Crippen LogP contribution in [0.1, 0.15) is 41.1 Å². The number of hydrogen-bond acceptors (Lipinski definition) is 5. The molecule has 1 fully saturated rings. The molecule has 2 aromatic carbocycles. The van der Waals surface area contributed by atoms with E-state index in [9.17, 15) is 4.39 Å². The van der Waals surface area contributed by atoms with E-state index in [1.165, 1.54) is 28.8 Å². The van der Waals surface area contributed by atoms with Gasteiger partial charge >= 0.3 is 0 Å². The zero-order valence-corrected chi connectivity index (χ0v) is 14.1. The standard InChI is InChI=1S/C19H19FN4O/c1-11-3-4-12(2)15(9-11)16-10-17(23-22-16)19-21-18(24-25-19)13-5-7-14(20)8-6-13/h3-9,16-17,22-23H,10H2,1-2H3. The van der Waals surface area contributed by atoms with Gasteiger partial charge in [-0.2, -0.15) is 4.98 Å². The number of benzene rings is 2. The predicted octanol–water partition coefficient (Wildman–Crippen LogP) is 3.77. The monoisotopic (exact) mass is 338 g/mol. The first kappa shape index (κ1) is 15.9. The summed E-state index contributed by atoms with van der Waals surface area (Å²) in [6.07, 6.45) is 0.815. The van der Waals surface area contributed by atoms with Gasteiger partial charge < -0.3 is 4.52 Å². The van der Waals surface area contributed by atoms with Gasteiger partial charge in [-0.3, -0.25) is 0 Å². The lowest BCUT2D eigenvalue weighted by atomic mass is 9.96. The molecule has 5 nitrogen and oxygen atoms in total. The number of hydrazine groups is 1. The Morgan fingerprint density at radius 1 is 1.04 bits per heavy atom. The summed E-state index contributed by atoms with van der Waals surface area (Å²) in [5, 5.41) is 4.01. The van der Waals surface area contributed by atoms with E-state index in [2.05, 4.69) is 53.0 Å². The Morgan fingerprint density at radius 2 is 1.80 bits per heavy atom. The third-order valence-corrected chi connectivity index (χ3v) is 4.56. The summed E-state index contributed by atoms with van der Waals surface area (Å²) in [5.74, 6) is 0.706. The van der Waals surface area contributed by atoms with Crippen LogP contribution in [0.5, 0.6) is 0 Å². The van der Waals surface area contributed by atoms with Gasteiger partial charge in [0, 0.05) is 11.6 Å². The highest BCUT2D eigenvalue weighted by molar-refractivity contribution is 5.53. The SMILES string of the molecule is Cc1ccc(C)c(C2CC(c3nc(-c4ccc(F)cc4)no3)NN2)c1. The third kappa shape index (κ3) is 3.18. The van der Waals surface area contributed by atoms with Gasteiger partial charge in [0.05, 0.1) is 0 Å². The van der Waals surface area contributed by atoms with Crippen LogP contribution in [-0.2, 0) is 0 Å². The highest BCUT2D eigenvalue weighted by Gasteiger charge is 2.31. The van der Waals surface area contributed by atoms with E-state index in [1.807, 2.05) is 0 Å². The molecule has 1 saturated heterocycles. The molecular weight excluding hydrogens is 319 g/mol. The third-order valence-electron chi connectivity index (χ3n) is 4.56. The molecule has 1 aliphatic rings. The maximum absolute atomic E-state index is 13.0. The van der Waals surface area contributed by atoms with Crippen LogP contribution in [-0.4, -0.2) is 10.1 Å². The summed E-state index contributed by atoms with van der Waals surface area (Å²) in [4.78, 5) is 4.46. The molecule has 0 bridgehead atoms. The number of halogens is 1. The molecular formula is C19H19FN4O. The maximum atomic E-state index is 13.0. The molecule has 4 rings (SSSR count). The zero-order valence-electron chi connectivity index (χ0n) is 14.1. The predicted molar refractivity (Wildman–Crippen MR) is 92.0 cm³/mol. The van der Waals surface area contributed by atoms with Crippen molar-refractivity contribution in [1.82, 2.24) is 21.0 Å². The van der Waals surface area contributed by atoms with E-state index < -0.39 is 0 Å². The van der Waals surface area contributed by atoms with Crippen molar-refractivity contribution >= 4 is 0 Å². The van der Waals surface area contributed by atoms with E-state index in [-0.39, 0.29) is 17.9 Å². The molecule has 2 atom stereocenters. The largest absolute Gasteiger partial charge is 0.337 e. The summed E-state index contributed by atoms with van der Waals surface area (Å²) in [5.41, 5.74) is 11.0. The van der Waals surface area contributed by atoms with Gasteiger partial charge in [0.25, 0.3) is 0 Å². The molecule has 128 valence electrons. The fraction of sp³-hybridized carbons (Fsp3) is 0.263. The molecule has 0 saturated carbocycles. The summed E-state index contributed by atoms with van der Waals surface area (Å²) in [6.45, 7) is 4.21. The van der Waals surface area contributed by atoms with Crippen LogP contribution < -0.4 is 10.9 Å². The van der Waals surface area contributed by atoms with Crippen molar-refractivity contribution in [3.8, 4) is 11.4 Å². The van der Waals surface area contributed by atoms with Crippen molar-refractivity contribution in [2.75, 3.05) is 0 Å². The molecule has 25 heavy (non-hydrogen) atoms. The van der Waals surface area contributed by atoms with Crippen molar-refractivity contribution in [2.24, 2.45) is 0 Å². The Labute approximate surface area is 145 Å². The number of nitrogens with one attached hydrogen (secondary N) is 2. The van der Waals surface area contributed by atoms with Crippen molar-refractivity contribution in [3.05, 3.63) is 70.9 Å². The smallest absolute Gasteiger partial charge is 0.245 e. The molecule has 2 unspecified atom stereocenters.